The maximum Gasteiger partial charge on any atom is 0.262 e. The topological polar surface area (TPSA) is 66.9 Å². The molecule has 2 aromatic carbocycles. The molecule has 1 aromatic heterocycles. The molecule has 0 spiro atoms. The van der Waals surface area contributed by atoms with E-state index in [-0.39, 0.29) is 11.5 Å². The van der Waals surface area contributed by atoms with Gasteiger partial charge in [-0.05, 0) is 79.7 Å². The summed E-state index contributed by atoms with van der Waals surface area (Å²) in [7, 11) is 0. The van der Waals surface area contributed by atoms with Crippen LogP contribution < -0.4 is 10.9 Å². The first kappa shape index (κ1) is 19.6. The number of aromatic nitrogens is 2. The maximum atomic E-state index is 12.6. The van der Waals surface area contributed by atoms with Gasteiger partial charge in [0.2, 0.25) is 5.91 Å². The van der Waals surface area contributed by atoms with Crippen LogP contribution in [-0.2, 0) is 24.2 Å². The Kier molecular flexibility index (Phi) is 5.90. The van der Waals surface area contributed by atoms with Gasteiger partial charge < -0.3 is 10.3 Å². The van der Waals surface area contributed by atoms with E-state index in [1.807, 2.05) is 30.3 Å². The third-order valence-electron chi connectivity index (χ3n) is 5.56. The van der Waals surface area contributed by atoms with E-state index in [9.17, 15) is 9.59 Å². The summed E-state index contributed by atoms with van der Waals surface area (Å²) in [4.78, 5) is 27.9. The van der Waals surface area contributed by atoms with E-state index in [1.165, 1.54) is 17.5 Å². The Morgan fingerprint density at radius 2 is 1.90 bits per heavy atom. The van der Waals surface area contributed by atoms with Crippen LogP contribution >= 0.6 is 12.2 Å². The number of benzene rings is 2. The van der Waals surface area contributed by atoms with E-state index in [0.717, 1.165) is 43.3 Å². The summed E-state index contributed by atoms with van der Waals surface area (Å²) >= 11 is 5.34. The molecule has 1 aliphatic carbocycles. The molecule has 6 heteroatoms. The van der Waals surface area contributed by atoms with E-state index < -0.39 is 0 Å². The van der Waals surface area contributed by atoms with E-state index in [4.69, 9.17) is 12.2 Å². The zero-order valence-electron chi connectivity index (χ0n) is 16.4. The molecule has 0 saturated heterocycles. The monoisotopic (exact) mass is 407 g/mol. The van der Waals surface area contributed by atoms with E-state index in [1.54, 1.807) is 4.57 Å². The number of aromatic amines is 1. The quantitative estimate of drug-likeness (QED) is 0.439. The van der Waals surface area contributed by atoms with Gasteiger partial charge in [0.1, 0.15) is 0 Å². The van der Waals surface area contributed by atoms with Gasteiger partial charge in [-0.15, -0.1) is 0 Å². The zero-order valence-corrected chi connectivity index (χ0v) is 17.2. The lowest BCUT2D eigenvalue weighted by Gasteiger charge is -2.09. The van der Waals surface area contributed by atoms with Gasteiger partial charge in [0.15, 0.2) is 4.77 Å². The Bertz CT molecular complexity index is 1160. The Morgan fingerprint density at radius 3 is 2.79 bits per heavy atom. The minimum atomic E-state index is -0.0568. The lowest BCUT2D eigenvalue weighted by molar-refractivity contribution is -0.116. The summed E-state index contributed by atoms with van der Waals surface area (Å²) in [5.74, 6) is 0.0445. The smallest absolute Gasteiger partial charge is 0.262 e. The van der Waals surface area contributed by atoms with Crippen molar-refractivity contribution in [3.8, 4) is 0 Å². The number of amides is 1. The fourth-order valence-electron chi connectivity index (χ4n) is 4.01. The van der Waals surface area contributed by atoms with Crippen LogP contribution in [0.3, 0.4) is 0 Å². The number of nitrogens with zero attached hydrogens (tertiary/aromatic N) is 1. The van der Waals surface area contributed by atoms with Crippen molar-refractivity contribution in [3.63, 3.8) is 0 Å². The van der Waals surface area contributed by atoms with Gasteiger partial charge in [0, 0.05) is 18.7 Å². The predicted molar refractivity (Wildman–Crippen MR) is 119 cm³/mol. The van der Waals surface area contributed by atoms with Gasteiger partial charge in [0.25, 0.3) is 5.56 Å². The molecule has 0 atom stereocenters. The highest BCUT2D eigenvalue weighted by atomic mass is 32.1. The second kappa shape index (κ2) is 8.74. The van der Waals surface area contributed by atoms with Crippen LogP contribution in [0.5, 0.6) is 0 Å². The van der Waals surface area contributed by atoms with Crippen LogP contribution in [-0.4, -0.2) is 15.5 Å². The molecule has 2 N–H and O–H groups in total. The number of para-hydroxylation sites is 1. The van der Waals surface area contributed by atoms with E-state index in [2.05, 4.69) is 22.4 Å². The number of H-pyrrole nitrogens is 1. The molecule has 1 aliphatic rings. The lowest BCUT2D eigenvalue weighted by atomic mass is 10.1. The van der Waals surface area contributed by atoms with Crippen molar-refractivity contribution in [2.24, 2.45) is 0 Å². The maximum absolute atomic E-state index is 12.6. The van der Waals surface area contributed by atoms with Crippen LogP contribution in [0.4, 0.5) is 5.69 Å². The second-order valence-electron chi connectivity index (χ2n) is 7.63. The van der Waals surface area contributed by atoms with Gasteiger partial charge in [-0.1, -0.05) is 24.6 Å². The normalized spacial score (nSPS) is 12.8. The highest BCUT2D eigenvalue weighted by Gasteiger charge is 2.12. The van der Waals surface area contributed by atoms with Crippen LogP contribution in [0.2, 0.25) is 0 Å². The van der Waals surface area contributed by atoms with Crippen molar-refractivity contribution in [2.75, 3.05) is 5.32 Å². The van der Waals surface area contributed by atoms with Crippen LogP contribution in [0.15, 0.2) is 47.3 Å². The van der Waals surface area contributed by atoms with Gasteiger partial charge in [-0.25, -0.2) is 0 Å². The lowest BCUT2D eigenvalue weighted by Crippen LogP contribution is -2.22. The second-order valence-corrected chi connectivity index (χ2v) is 8.02. The molecule has 4 rings (SSSR count). The van der Waals surface area contributed by atoms with Crippen molar-refractivity contribution in [1.29, 1.82) is 0 Å². The third-order valence-corrected chi connectivity index (χ3v) is 5.88. The molecule has 29 heavy (non-hydrogen) atoms. The number of fused-ring (bicyclic) bond motifs is 2. The molecule has 0 radical (unpaired) electrons. The van der Waals surface area contributed by atoms with Gasteiger partial charge >= 0.3 is 0 Å². The summed E-state index contributed by atoms with van der Waals surface area (Å²) in [5.41, 5.74) is 4.37. The molecule has 0 aliphatic heterocycles. The molecule has 0 saturated carbocycles. The number of carbonyl (C=O) groups excluding carboxylic acids is 1. The Hall–Kier alpha value is -2.73. The predicted octanol–water partition coefficient (Wildman–Crippen LogP) is 4.75. The Balaban J connectivity index is 1.26. The molecular formula is C23H25N3O2S. The molecular weight excluding hydrogens is 382 g/mol. The van der Waals surface area contributed by atoms with Crippen molar-refractivity contribution >= 4 is 34.7 Å². The van der Waals surface area contributed by atoms with Crippen LogP contribution in [0.1, 0.15) is 43.2 Å². The standard InChI is InChI=1S/C23H25N3O2S/c27-21(24-18-13-12-16-7-6-8-17(16)15-18)11-2-1-5-14-26-22(28)19-9-3-4-10-20(19)25-23(26)29/h3-4,9-10,12-13,15H,1-2,5-8,11,14H2,(H,24,27)(H,25,29). The highest BCUT2D eigenvalue weighted by molar-refractivity contribution is 7.71. The van der Waals surface area contributed by atoms with Gasteiger partial charge in [-0.2, -0.15) is 0 Å². The first-order chi connectivity index (χ1) is 14.1. The Morgan fingerprint density at radius 1 is 1.07 bits per heavy atom. The average molecular weight is 408 g/mol. The first-order valence-electron chi connectivity index (χ1n) is 10.3. The summed E-state index contributed by atoms with van der Waals surface area (Å²) in [6.07, 6.45) is 6.40. The van der Waals surface area contributed by atoms with E-state index >= 15 is 0 Å². The highest BCUT2D eigenvalue weighted by Crippen LogP contribution is 2.25. The number of anilines is 1. The first-order valence-corrected chi connectivity index (χ1v) is 10.7. The van der Waals surface area contributed by atoms with Crippen molar-refractivity contribution in [2.45, 2.75) is 51.5 Å². The molecule has 1 heterocycles. The third kappa shape index (κ3) is 4.48. The molecule has 1 amide bonds. The Labute approximate surface area is 174 Å². The minimum absolute atomic E-state index is 0.0445. The molecule has 3 aromatic rings. The number of nitrogens with one attached hydrogen (secondary N) is 2. The molecule has 0 unspecified atom stereocenters. The van der Waals surface area contributed by atoms with Crippen molar-refractivity contribution < 1.29 is 4.79 Å². The molecule has 0 bridgehead atoms. The number of unbranched alkanes of at least 4 members (excludes halogenated alkanes) is 2. The zero-order chi connectivity index (χ0) is 20.2. The van der Waals surface area contributed by atoms with E-state index in [0.29, 0.717) is 23.1 Å². The van der Waals surface area contributed by atoms with Crippen molar-refractivity contribution in [3.05, 3.63) is 68.7 Å². The average Bonchev–Trinajstić information content (AvgIpc) is 3.18. The van der Waals surface area contributed by atoms with Gasteiger partial charge in [0.05, 0.1) is 10.9 Å². The number of hydrogen-bond donors (Lipinski definition) is 2. The molecule has 5 nitrogen and oxygen atoms in total. The number of hydrogen-bond acceptors (Lipinski definition) is 3. The van der Waals surface area contributed by atoms with Gasteiger partial charge in [-0.3, -0.25) is 14.2 Å². The summed E-state index contributed by atoms with van der Waals surface area (Å²) in [6.45, 7) is 0.561. The summed E-state index contributed by atoms with van der Waals surface area (Å²) < 4.78 is 2.06. The largest absolute Gasteiger partial charge is 0.332 e. The number of carbonyl (C=O) groups is 1. The number of aryl methyl sites for hydroxylation is 2. The number of rotatable bonds is 7. The summed E-state index contributed by atoms with van der Waals surface area (Å²) in [5, 5.41) is 3.65. The van der Waals surface area contributed by atoms with Crippen LogP contribution in [0, 0.1) is 4.77 Å². The van der Waals surface area contributed by atoms with Crippen LogP contribution in [0.25, 0.3) is 10.9 Å². The summed E-state index contributed by atoms with van der Waals surface area (Å²) in [6, 6.07) is 13.6. The molecule has 0 fully saturated rings. The SMILES string of the molecule is O=C(CCCCCn1c(=S)[nH]c2ccccc2c1=O)Nc1ccc2c(c1)CCC2. The molecule has 150 valence electrons. The van der Waals surface area contributed by atoms with Crippen molar-refractivity contribution in [1.82, 2.24) is 9.55 Å². The fraction of sp³-hybridized carbons (Fsp3) is 0.348. The minimum Gasteiger partial charge on any atom is -0.332 e. The fourth-order valence-corrected chi connectivity index (χ4v) is 4.29.